The predicted octanol–water partition coefficient (Wildman–Crippen LogP) is 1.92. The van der Waals surface area contributed by atoms with Crippen molar-refractivity contribution in [3.8, 4) is 0 Å². The molecular formula is C21H21N3O3. The van der Waals surface area contributed by atoms with Gasteiger partial charge in [-0.25, -0.2) is 0 Å². The smallest absolute Gasteiger partial charge is 0.261 e. The number of nitrogens with zero attached hydrogens (tertiary/aromatic N) is 2. The zero-order valence-electron chi connectivity index (χ0n) is 15.1. The molecule has 2 heterocycles. The summed E-state index contributed by atoms with van der Waals surface area (Å²) >= 11 is 0. The van der Waals surface area contributed by atoms with Gasteiger partial charge in [0.25, 0.3) is 17.7 Å². The molecule has 1 saturated heterocycles. The molecule has 0 bridgehead atoms. The van der Waals surface area contributed by atoms with Crippen LogP contribution < -0.4 is 5.32 Å². The Balaban J connectivity index is 1.59. The van der Waals surface area contributed by atoms with Crippen LogP contribution in [0.1, 0.15) is 43.6 Å². The predicted molar refractivity (Wildman–Crippen MR) is 100 cm³/mol. The van der Waals surface area contributed by atoms with Crippen molar-refractivity contribution in [3.63, 3.8) is 0 Å². The summed E-state index contributed by atoms with van der Waals surface area (Å²) in [4.78, 5) is 41.3. The third-order valence-electron chi connectivity index (χ3n) is 5.16. The number of fused-ring (bicyclic) bond motifs is 1. The monoisotopic (exact) mass is 363 g/mol. The molecule has 3 amide bonds. The summed E-state index contributed by atoms with van der Waals surface area (Å²) in [5.74, 6) is -0.760. The third-order valence-corrected chi connectivity index (χ3v) is 5.16. The number of piperazine rings is 1. The average molecular weight is 363 g/mol. The Labute approximate surface area is 157 Å². The summed E-state index contributed by atoms with van der Waals surface area (Å²) in [5.41, 5.74) is 2.01. The fraction of sp³-hybridized carbons (Fsp3) is 0.286. The first-order valence-electron chi connectivity index (χ1n) is 9.12. The number of hydrogen-bond donors (Lipinski definition) is 1. The summed E-state index contributed by atoms with van der Waals surface area (Å²) in [5, 5.41) is 3.25. The zero-order valence-corrected chi connectivity index (χ0v) is 15.1. The number of benzene rings is 2. The van der Waals surface area contributed by atoms with E-state index < -0.39 is 0 Å². The van der Waals surface area contributed by atoms with Crippen molar-refractivity contribution in [2.45, 2.75) is 19.5 Å². The van der Waals surface area contributed by atoms with Crippen LogP contribution in [0, 0.1) is 0 Å². The fourth-order valence-electron chi connectivity index (χ4n) is 3.64. The van der Waals surface area contributed by atoms with Gasteiger partial charge in [-0.05, 0) is 30.7 Å². The van der Waals surface area contributed by atoms with Crippen molar-refractivity contribution in [2.75, 3.05) is 19.6 Å². The topological polar surface area (TPSA) is 69.7 Å². The molecule has 2 aromatic rings. The lowest BCUT2D eigenvalue weighted by molar-refractivity contribution is 0.0639. The Morgan fingerprint density at radius 3 is 2.56 bits per heavy atom. The lowest BCUT2D eigenvalue weighted by atomic mass is 10.0. The first-order valence-corrected chi connectivity index (χ1v) is 9.12. The lowest BCUT2D eigenvalue weighted by Crippen LogP contribution is -2.52. The first-order chi connectivity index (χ1) is 13.1. The van der Waals surface area contributed by atoms with E-state index in [0.29, 0.717) is 23.2 Å². The van der Waals surface area contributed by atoms with Gasteiger partial charge in [-0.15, -0.1) is 0 Å². The van der Waals surface area contributed by atoms with Crippen LogP contribution in [0.3, 0.4) is 0 Å². The second-order valence-corrected chi connectivity index (χ2v) is 6.99. The van der Waals surface area contributed by atoms with E-state index in [0.717, 1.165) is 18.7 Å². The van der Waals surface area contributed by atoms with Crippen LogP contribution in [0.25, 0.3) is 0 Å². The molecular weight excluding hydrogens is 342 g/mol. The number of amides is 3. The maximum Gasteiger partial charge on any atom is 0.261 e. The quantitative estimate of drug-likeness (QED) is 0.846. The number of hydrogen-bond acceptors (Lipinski definition) is 4. The number of imide groups is 1. The Hall–Kier alpha value is -2.99. The molecule has 0 aromatic heterocycles. The molecule has 4 rings (SSSR count). The van der Waals surface area contributed by atoms with Crippen LogP contribution in [0.15, 0.2) is 48.5 Å². The summed E-state index contributed by atoms with van der Waals surface area (Å²) in [6.45, 7) is 4.35. The molecule has 138 valence electrons. The van der Waals surface area contributed by atoms with Crippen LogP contribution >= 0.6 is 0 Å². The standard InChI is InChI=1S/C21H21N3O3/c1-14-12-22-9-10-23(14)19(25)16-7-8-17-18(11-16)21(27)24(20(17)26)13-15-5-3-2-4-6-15/h2-8,11,14,22H,9-10,12-13H2,1H3/t14-/m0/s1. The summed E-state index contributed by atoms with van der Waals surface area (Å²) in [6, 6.07) is 14.3. The van der Waals surface area contributed by atoms with E-state index in [9.17, 15) is 14.4 Å². The number of carbonyl (C=O) groups is 3. The van der Waals surface area contributed by atoms with Crippen LogP contribution in [-0.2, 0) is 6.54 Å². The molecule has 2 aromatic carbocycles. The zero-order chi connectivity index (χ0) is 19.0. The van der Waals surface area contributed by atoms with Gasteiger partial charge in [0.15, 0.2) is 0 Å². The van der Waals surface area contributed by atoms with Gasteiger partial charge >= 0.3 is 0 Å². The van der Waals surface area contributed by atoms with E-state index in [1.807, 2.05) is 37.3 Å². The van der Waals surface area contributed by atoms with E-state index in [4.69, 9.17) is 0 Å². The van der Waals surface area contributed by atoms with E-state index >= 15 is 0 Å². The van der Waals surface area contributed by atoms with Crippen molar-refractivity contribution in [3.05, 3.63) is 70.8 Å². The van der Waals surface area contributed by atoms with Crippen molar-refractivity contribution in [2.24, 2.45) is 0 Å². The molecule has 0 saturated carbocycles. The molecule has 0 aliphatic carbocycles. The lowest BCUT2D eigenvalue weighted by Gasteiger charge is -2.34. The van der Waals surface area contributed by atoms with E-state index in [-0.39, 0.29) is 30.3 Å². The molecule has 0 spiro atoms. The van der Waals surface area contributed by atoms with Crippen LogP contribution in [-0.4, -0.2) is 53.2 Å². The van der Waals surface area contributed by atoms with Crippen molar-refractivity contribution in [1.82, 2.24) is 15.1 Å². The third kappa shape index (κ3) is 3.13. The summed E-state index contributed by atoms with van der Waals surface area (Å²) in [6.07, 6.45) is 0. The normalized spacial score (nSPS) is 19.4. The van der Waals surface area contributed by atoms with E-state index in [2.05, 4.69) is 5.32 Å². The Kier molecular flexibility index (Phi) is 4.49. The minimum Gasteiger partial charge on any atom is -0.333 e. The van der Waals surface area contributed by atoms with Crippen molar-refractivity contribution < 1.29 is 14.4 Å². The number of nitrogens with one attached hydrogen (secondary N) is 1. The maximum absolute atomic E-state index is 12.9. The molecule has 1 atom stereocenters. The Morgan fingerprint density at radius 2 is 1.81 bits per heavy atom. The molecule has 0 unspecified atom stereocenters. The van der Waals surface area contributed by atoms with Gasteiger partial charge in [0, 0.05) is 31.2 Å². The van der Waals surface area contributed by atoms with Crippen molar-refractivity contribution >= 4 is 17.7 Å². The van der Waals surface area contributed by atoms with Gasteiger partial charge in [0.2, 0.25) is 0 Å². The molecule has 0 radical (unpaired) electrons. The van der Waals surface area contributed by atoms with Gasteiger partial charge < -0.3 is 10.2 Å². The maximum atomic E-state index is 12.9. The van der Waals surface area contributed by atoms with Crippen LogP contribution in [0.2, 0.25) is 0 Å². The highest BCUT2D eigenvalue weighted by Crippen LogP contribution is 2.26. The second-order valence-electron chi connectivity index (χ2n) is 6.99. The van der Waals surface area contributed by atoms with Crippen LogP contribution in [0.5, 0.6) is 0 Å². The van der Waals surface area contributed by atoms with Gasteiger partial charge in [0.1, 0.15) is 0 Å². The van der Waals surface area contributed by atoms with Gasteiger partial charge in [-0.2, -0.15) is 0 Å². The summed E-state index contributed by atoms with van der Waals surface area (Å²) in [7, 11) is 0. The number of carbonyl (C=O) groups excluding carboxylic acids is 3. The van der Waals surface area contributed by atoms with E-state index in [1.54, 1.807) is 23.1 Å². The number of rotatable bonds is 3. The average Bonchev–Trinajstić information content (AvgIpc) is 2.93. The second kappa shape index (κ2) is 6.96. The first kappa shape index (κ1) is 17.4. The molecule has 1 N–H and O–H groups in total. The minimum atomic E-state index is -0.345. The van der Waals surface area contributed by atoms with Crippen molar-refractivity contribution in [1.29, 1.82) is 0 Å². The minimum absolute atomic E-state index is 0.0893. The van der Waals surface area contributed by atoms with Gasteiger partial charge in [-0.1, -0.05) is 30.3 Å². The van der Waals surface area contributed by atoms with Gasteiger partial charge in [0.05, 0.1) is 17.7 Å². The summed E-state index contributed by atoms with van der Waals surface area (Å²) < 4.78 is 0. The molecule has 6 heteroatoms. The molecule has 1 fully saturated rings. The molecule has 2 aliphatic heterocycles. The largest absolute Gasteiger partial charge is 0.333 e. The SMILES string of the molecule is C[C@H]1CNCCN1C(=O)c1ccc2c(c1)C(=O)N(Cc1ccccc1)C2=O. The highest BCUT2D eigenvalue weighted by molar-refractivity contribution is 6.22. The molecule has 6 nitrogen and oxygen atoms in total. The highest BCUT2D eigenvalue weighted by atomic mass is 16.2. The molecule has 27 heavy (non-hydrogen) atoms. The molecule has 2 aliphatic rings. The highest BCUT2D eigenvalue weighted by Gasteiger charge is 2.36. The Morgan fingerprint density at radius 1 is 1.07 bits per heavy atom. The fourth-order valence-corrected chi connectivity index (χ4v) is 3.64. The Bertz CT molecular complexity index is 910. The van der Waals surface area contributed by atoms with Crippen LogP contribution in [0.4, 0.5) is 0 Å². The van der Waals surface area contributed by atoms with Gasteiger partial charge in [-0.3, -0.25) is 19.3 Å². The van der Waals surface area contributed by atoms with E-state index in [1.165, 1.54) is 4.90 Å².